The van der Waals surface area contributed by atoms with Crippen molar-refractivity contribution in [3.8, 4) is 0 Å². The van der Waals surface area contributed by atoms with Crippen LogP contribution in [0.25, 0.3) is 0 Å². The Morgan fingerprint density at radius 1 is 0.970 bits per heavy atom. The van der Waals surface area contributed by atoms with Gasteiger partial charge in [0.25, 0.3) is 0 Å². The second kappa shape index (κ2) is 9.07. The summed E-state index contributed by atoms with van der Waals surface area (Å²) in [5.74, 6) is 0.684. The molecule has 3 aliphatic rings. The van der Waals surface area contributed by atoms with Crippen molar-refractivity contribution in [1.82, 2.24) is 14.7 Å². The Labute approximate surface area is 207 Å². The van der Waals surface area contributed by atoms with Crippen LogP contribution in [-0.2, 0) is 12.1 Å². The van der Waals surface area contributed by atoms with Gasteiger partial charge in [-0.3, -0.25) is 4.90 Å². The van der Waals surface area contributed by atoms with Crippen LogP contribution in [0.2, 0.25) is 0 Å². The normalized spacial score (nSPS) is 28.1. The lowest BCUT2D eigenvalue weighted by Gasteiger charge is -2.51. The molecule has 0 unspecified atom stereocenters. The predicted octanol–water partition coefficient (Wildman–Crippen LogP) is 6.26. The highest BCUT2D eigenvalue weighted by atomic mass is 79.9. The van der Waals surface area contributed by atoms with Gasteiger partial charge in [0.2, 0.25) is 0 Å². The zero-order valence-electron chi connectivity index (χ0n) is 20.0. The molecule has 0 atom stereocenters. The van der Waals surface area contributed by atoms with Crippen LogP contribution in [0.3, 0.4) is 0 Å². The highest BCUT2D eigenvalue weighted by Crippen LogP contribution is 2.49. The van der Waals surface area contributed by atoms with Crippen molar-refractivity contribution in [3.63, 3.8) is 0 Å². The third-order valence-corrected chi connectivity index (χ3v) is 9.49. The number of rotatable bonds is 6. The first-order valence-corrected chi connectivity index (χ1v) is 13.3. The quantitative estimate of drug-likeness (QED) is 0.459. The SMILES string of the molecule is CN(C)[C@]1(c2ccccc2)CC[C@@]2(CC1)CN(Cc1ccccc1Br)C(=O)N2CC1CCC1. The van der Waals surface area contributed by atoms with Gasteiger partial charge in [0.1, 0.15) is 0 Å². The van der Waals surface area contributed by atoms with E-state index in [0.717, 1.165) is 43.2 Å². The number of halogens is 1. The van der Waals surface area contributed by atoms with Gasteiger partial charge in [0.15, 0.2) is 0 Å². The summed E-state index contributed by atoms with van der Waals surface area (Å²) in [6, 6.07) is 19.5. The second-order valence-corrected chi connectivity index (χ2v) is 11.5. The topological polar surface area (TPSA) is 26.8 Å². The molecule has 2 aromatic carbocycles. The monoisotopic (exact) mass is 509 g/mol. The molecule has 1 saturated heterocycles. The molecule has 2 aromatic rings. The Morgan fingerprint density at radius 2 is 1.64 bits per heavy atom. The molecule has 1 aliphatic heterocycles. The number of hydrogen-bond donors (Lipinski definition) is 0. The Kier molecular flexibility index (Phi) is 6.30. The molecule has 1 spiro atoms. The van der Waals surface area contributed by atoms with Gasteiger partial charge in [0, 0.05) is 29.6 Å². The number of benzene rings is 2. The van der Waals surface area contributed by atoms with E-state index < -0.39 is 0 Å². The highest BCUT2D eigenvalue weighted by molar-refractivity contribution is 9.10. The van der Waals surface area contributed by atoms with Gasteiger partial charge in [-0.1, -0.05) is 70.9 Å². The van der Waals surface area contributed by atoms with Gasteiger partial charge in [-0.2, -0.15) is 0 Å². The maximum Gasteiger partial charge on any atom is 0.320 e. The van der Waals surface area contributed by atoms with Crippen molar-refractivity contribution in [2.75, 3.05) is 27.2 Å². The number of amides is 2. The molecule has 176 valence electrons. The van der Waals surface area contributed by atoms with E-state index in [9.17, 15) is 4.79 Å². The van der Waals surface area contributed by atoms with Crippen molar-refractivity contribution in [3.05, 3.63) is 70.2 Å². The molecule has 5 heteroatoms. The van der Waals surface area contributed by atoms with Crippen molar-refractivity contribution in [1.29, 1.82) is 0 Å². The van der Waals surface area contributed by atoms with Gasteiger partial charge in [-0.05, 0) is 75.7 Å². The molecule has 5 rings (SSSR count). The zero-order valence-corrected chi connectivity index (χ0v) is 21.6. The minimum atomic E-state index is -0.0395. The Morgan fingerprint density at radius 3 is 2.24 bits per heavy atom. The first-order chi connectivity index (χ1) is 15.9. The molecule has 4 nitrogen and oxygen atoms in total. The molecule has 2 saturated carbocycles. The fourth-order valence-corrected chi connectivity index (χ4v) is 6.75. The van der Waals surface area contributed by atoms with Crippen LogP contribution in [0.4, 0.5) is 4.79 Å². The van der Waals surface area contributed by atoms with Crippen LogP contribution in [0.1, 0.15) is 56.1 Å². The predicted molar refractivity (Wildman–Crippen MR) is 137 cm³/mol. The lowest BCUT2D eigenvalue weighted by atomic mass is 9.68. The standard InChI is InChI=1S/C28H36BrN3O/c1-30(2)28(24-12-4-3-5-13-24)17-15-27(16-18-28)21-31(20-23-11-6-7-14-25(23)29)26(33)32(27)19-22-9-8-10-22/h3-7,11-14,22H,8-10,15-21H2,1-2H3/t27-,28-. The lowest BCUT2D eigenvalue weighted by molar-refractivity contribution is 0.0159. The maximum atomic E-state index is 13.8. The number of carbonyl (C=O) groups is 1. The van der Waals surface area contributed by atoms with Crippen LogP contribution in [0.15, 0.2) is 59.1 Å². The molecule has 1 heterocycles. The van der Waals surface area contributed by atoms with E-state index in [1.54, 1.807) is 0 Å². The smallest absolute Gasteiger partial charge is 0.318 e. The van der Waals surface area contributed by atoms with Crippen molar-refractivity contribution < 1.29 is 4.79 Å². The lowest BCUT2D eigenvalue weighted by Crippen LogP contribution is -2.56. The minimum Gasteiger partial charge on any atom is -0.318 e. The molecule has 2 aliphatic carbocycles. The summed E-state index contributed by atoms with van der Waals surface area (Å²) in [5, 5.41) is 0. The number of hydrogen-bond acceptors (Lipinski definition) is 2. The largest absolute Gasteiger partial charge is 0.320 e. The maximum absolute atomic E-state index is 13.8. The second-order valence-electron chi connectivity index (χ2n) is 10.7. The summed E-state index contributed by atoms with van der Waals surface area (Å²) in [5.41, 5.74) is 2.61. The van der Waals surface area contributed by atoms with E-state index in [0.29, 0.717) is 12.5 Å². The van der Waals surface area contributed by atoms with Crippen LogP contribution in [0, 0.1) is 5.92 Å². The molecule has 3 fully saturated rings. The van der Waals surface area contributed by atoms with Crippen LogP contribution in [0.5, 0.6) is 0 Å². The highest BCUT2D eigenvalue weighted by Gasteiger charge is 2.54. The van der Waals surface area contributed by atoms with Crippen LogP contribution in [-0.4, -0.2) is 53.5 Å². The van der Waals surface area contributed by atoms with Gasteiger partial charge < -0.3 is 9.80 Å². The summed E-state index contributed by atoms with van der Waals surface area (Å²) in [7, 11) is 4.44. The molecule has 0 N–H and O–H groups in total. The van der Waals surface area contributed by atoms with Crippen molar-refractivity contribution in [2.45, 2.75) is 62.6 Å². The molecule has 0 aromatic heterocycles. The van der Waals surface area contributed by atoms with Gasteiger partial charge in [-0.25, -0.2) is 4.79 Å². The van der Waals surface area contributed by atoms with Crippen LogP contribution >= 0.6 is 15.9 Å². The van der Waals surface area contributed by atoms with E-state index in [1.807, 2.05) is 6.07 Å². The molecule has 0 radical (unpaired) electrons. The van der Waals surface area contributed by atoms with Crippen molar-refractivity contribution in [2.24, 2.45) is 5.92 Å². The average molecular weight is 511 g/mol. The van der Waals surface area contributed by atoms with E-state index in [-0.39, 0.29) is 17.1 Å². The third kappa shape index (κ3) is 4.12. The third-order valence-electron chi connectivity index (χ3n) is 8.72. The minimum absolute atomic E-state index is 0.0395. The van der Waals surface area contributed by atoms with E-state index in [4.69, 9.17) is 0 Å². The van der Waals surface area contributed by atoms with Gasteiger partial charge >= 0.3 is 6.03 Å². The number of urea groups is 1. The summed E-state index contributed by atoms with van der Waals surface area (Å²) in [6.07, 6.45) is 8.16. The Balaban J connectivity index is 1.41. The fourth-order valence-electron chi connectivity index (χ4n) is 6.34. The summed E-state index contributed by atoms with van der Waals surface area (Å²) >= 11 is 3.69. The Hall–Kier alpha value is -1.85. The van der Waals surface area contributed by atoms with Crippen molar-refractivity contribution >= 4 is 22.0 Å². The summed E-state index contributed by atoms with van der Waals surface area (Å²) in [4.78, 5) is 20.6. The first kappa shape index (κ1) is 22.9. The van der Waals surface area contributed by atoms with Crippen LogP contribution < -0.4 is 0 Å². The average Bonchev–Trinajstić information content (AvgIpc) is 3.04. The molecule has 33 heavy (non-hydrogen) atoms. The number of nitrogens with zero attached hydrogens (tertiary/aromatic N) is 3. The van der Waals surface area contributed by atoms with E-state index in [1.165, 1.54) is 30.4 Å². The molecular weight excluding hydrogens is 474 g/mol. The Bertz CT molecular complexity index is 980. The summed E-state index contributed by atoms with van der Waals surface area (Å²) in [6.45, 7) is 2.46. The number of carbonyl (C=O) groups excluding carboxylic acids is 1. The fraction of sp³-hybridized carbons (Fsp3) is 0.536. The zero-order chi connectivity index (χ0) is 23.1. The first-order valence-electron chi connectivity index (χ1n) is 12.5. The molecule has 0 bridgehead atoms. The van der Waals surface area contributed by atoms with E-state index in [2.05, 4.69) is 93.3 Å². The van der Waals surface area contributed by atoms with E-state index >= 15 is 0 Å². The molecule has 2 amide bonds. The van der Waals surface area contributed by atoms with Gasteiger partial charge in [-0.15, -0.1) is 0 Å². The summed E-state index contributed by atoms with van der Waals surface area (Å²) < 4.78 is 1.09. The molecular formula is C28H36BrN3O. The van der Waals surface area contributed by atoms with Gasteiger partial charge in [0.05, 0.1) is 5.54 Å².